The van der Waals surface area contributed by atoms with Crippen LogP contribution in [0.4, 0.5) is 20.3 Å². The molecule has 3 fully saturated rings. The Balaban J connectivity index is 1.23. The van der Waals surface area contributed by atoms with Crippen molar-refractivity contribution in [3.63, 3.8) is 0 Å². The first-order chi connectivity index (χ1) is 21.8. The normalized spacial score (nSPS) is 23.8. The number of esters is 1. The molecule has 11 heteroatoms. The molecule has 1 N–H and O–H groups in total. The van der Waals surface area contributed by atoms with Gasteiger partial charge in [0.2, 0.25) is 0 Å². The number of aryl methyl sites for hydroxylation is 1. The van der Waals surface area contributed by atoms with Gasteiger partial charge in [0.05, 0.1) is 30.8 Å². The minimum Gasteiger partial charge on any atom is -0.508 e. The number of nitrogens with zero attached hydrogens (tertiary/aromatic N) is 5. The van der Waals surface area contributed by atoms with Crippen LogP contribution < -0.4 is 14.5 Å². The van der Waals surface area contributed by atoms with E-state index in [0.717, 1.165) is 52.9 Å². The highest BCUT2D eigenvalue weighted by Crippen LogP contribution is 2.42. The first kappa shape index (κ1) is 30.0. The fourth-order valence-corrected chi connectivity index (χ4v) is 8.13. The Hall–Kier alpha value is -3.73. The van der Waals surface area contributed by atoms with Crippen molar-refractivity contribution in [1.82, 2.24) is 14.9 Å². The third-order valence-electron chi connectivity index (χ3n) is 10.4. The van der Waals surface area contributed by atoms with Crippen LogP contribution in [0.1, 0.15) is 55.8 Å². The summed E-state index contributed by atoms with van der Waals surface area (Å²) in [5, 5.41) is 12.2. The van der Waals surface area contributed by atoms with Crippen LogP contribution in [-0.2, 0) is 28.9 Å². The molecule has 5 heterocycles. The lowest BCUT2D eigenvalue weighted by Gasteiger charge is -2.37. The molecule has 3 saturated heterocycles. The molecule has 4 aliphatic heterocycles. The Bertz CT molecular complexity index is 1610. The summed E-state index contributed by atoms with van der Waals surface area (Å²) in [6, 6.07) is 6.83. The number of rotatable bonds is 7. The monoisotopic (exact) mass is 621 g/mol. The van der Waals surface area contributed by atoms with Crippen molar-refractivity contribution < 1.29 is 28.2 Å². The van der Waals surface area contributed by atoms with Crippen LogP contribution in [0.3, 0.4) is 0 Å². The summed E-state index contributed by atoms with van der Waals surface area (Å²) in [4.78, 5) is 28.7. The van der Waals surface area contributed by atoms with Crippen molar-refractivity contribution in [3.05, 3.63) is 46.9 Å². The predicted octanol–water partition coefficient (Wildman–Crippen LogP) is 4.94. The molecule has 3 aromatic rings. The number of ether oxygens (including phenoxy) is 2. The number of alkyl halides is 1. The molecule has 2 atom stereocenters. The average Bonchev–Trinajstić information content (AvgIpc) is 3.58. The molecule has 45 heavy (non-hydrogen) atoms. The van der Waals surface area contributed by atoms with Crippen LogP contribution >= 0.6 is 0 Å². The number of phenolic OH excluding ortho intramolecular Hbond substituents is 1. The number of phenols is 1. The van der Waals surface area contributed by atoms with Gasteiger partial charge in [-0.1, -0.05) is 13.0 Å². The highest BCUT2D eigenvalue weighted by atomic mass is 19.1. The van der Waals surface area contributed by atoms with E-state index in [0.29, 0.717) is 77.0 Å². The topological polar surface area (TPSA) is 91.3 Å². The van der Waals surface area contributed by atoms with Crippen molar-refractivity contribution in [3.8, 4) is 11.8 Å². The summed E-state index contributed by atoms with van der Waals surface area (Å²) in [5.74, 6) is 0.373. The summed E-state index contributed by atoms with van der Waals surface area (Å²) in [6.45, 7) is 5.97. The van der Waals surface area contributed by atoms with Crippen molar-refractivity contribution in [2.75, 3.05) is 56.2 Å². The third-order valence-corrected chi connectivity index (χ3v) is 10.4. The minimum atomic E-state index is -0.853. The number of hydrogen-bond acceptors (Lipinski definition) is 9. The highest BCUT2D eigenvalue weighted by Gasteiger charge is 2.49. The number of piperidine rings is 1. The molecule has 0 aliphatic carbocycles. The number of carbonyl (C=O) groups excluding carboxylic acids is 1. The van der Waals surface area contributed by atoms with E-state index >= 15 is 0 Å². The minimum absolute atomic E-state index is 0.126. The maximum absolute atomic E-state index is 15.0. The number of hydrogen-bond donors (Lipinski definition) is 1. The van der Waals surface area contributed by atoms with Crippen molar-refractivity contribution in [2.24, 2.45) is 5.92 Å². The van der Waals surface area contributed by atoms with Gasteiger partial charge in [0.15, 0.2) is 0 Å². The SMILES string of the molecule is CCc1c(F)ccc2cc(O)cc(N3CCc4c(nc(OC[C@@]56CCCN5C[C@H](F)C6)nc4N4CCC(C(=O)OC)CC4)C3)c12. The molecular weight excluding hydrogens is 580 g/mol. The van der Waals surface area contributed by atoms with Crippen LogP contribution in [0.15, 0.2) is 24.3 Å². The second-order valence-corrected chi connectivity index (χ2v) is 13.0. The number of aromatic nitrogens is 2. The van der Waals surface area contributed by atoms with Gasteiger partial charge in [0.1, 0.15) is 30.2 Å². The number of benzene rings is 2. The first-order valence-corrected chi connectivity index (χ1v) is 16.2. The number of aromatic hydroxyl groups is 1. The fourth-order valence-electron chi connectivity index (χ4n) is 8.13. The van der Waals surface area contributed by atoms with E-state index in [4.69, 9.17) is 19.4 Å². The molecule has 0 bridgehead atoms. The first-order valence-electron chi connectivity index (χ1n) is 16.2. The van der Waals surface area contributed by atoms with E-state index in [9.17, 15) is 18.7 Å². The van der Waals surface area contributed by atoms with Crippen molar-refractivity contribution in [2.45, 2.75) is 70.1 Å². The largest absolute Gasteiger partial charge is 0.508 e. The molecule has 0 radical (unpaired) electrons. The summed E-state index contributed by atoms with van der Waals surface area (Å²) in [5.41, 5.74) is 2.92. The maximum atomic E-state index is 15.0. The Kier molecular flexibility index (Phi) is 7.91. The van der Waals surface area contributed by atoms with Crippen LogP contribution in [-0.4, -0.2) is 84.1 Å². The Morgan fingerprint density at radius 2 is 1.96 bits per heavy atom. The number of methoxy groups -OCH3 is 1. The van der Waals surface area contributed by atoms with E-state index in [1.54, 1.807) is 18.2 Å². The summed E-state index contributed by atoms with van der Waals surface area (Å²) in [7, 11) is 1.43. The van der Waals surface area contributed by atoms with Gasteiger partial charge in [-0.15, -0.1) is 0 Å². The van der Waals surface area contributed by atoms with Gasteiger partial charge in [-0.2, -0.15) is 9.97 Å². The number of fused-ring (bicyclic) bond motifs is 3. The van der Waals surface area contributed by atoms with Gasteiger partial charge in [0.25, 0.3) is 0 Å². The summed E-state index contributed by atoms with van der Waals surface area (Å²) in [6.07, 6.45) is 4.03. The van der Waals surface area contributed by atoms with Crippen LogP contribution in [0, 0.1) is 11.7 Å². The standard InChI is InChI=1S/C34H41F2N5O4/c1-3-25-27(36)6-5-22-15-24(42)16-29(30(22)25)40-14-9-26-28(19-40)37-33(45-20-34-10-4-11-41(34)18-23(35)17-34)38-31(26)39-12-7-21(8-13-39)32(43)44-2/h5-6,15-16,21,23,42H,3-4,7-14,17-20H2,1-2H3/t23-,34+/m1/s1. The van der Waals surface area contributed by atoms with E-state index < -0.39 is 6.17 Å². The van der Waals surface area contributed by atoms with Gasteiger partial charge in [-0.25, -0.2) is 8.78 Å². The Labute approximate surface area is 262 Å². The maximum Gasteiger partial charge on any atom is 0.318 e. The summed E-state index contributed by atoms with van der Waals surface area (Å²) >= 11 is 0. The zero-order valence-corrected chi connectivity index (χ0v) is 26.0. The molecule has 240 valence electrons. The molecule has 0 saturated carbocycles. The van der Waals surface area contributed by atoms with Crippen molar-refractivity contribution in [1.29, 1.82) is 0 Å². The molecule has 9 nitrogen and oxygen atoms in total. The molecule has 0 spiro atoms. The lowest BCUT2D eigenvalue weighted by molar-refractivity contribution is -0.146. The second-order valence-electron chi connectivity index (χ2n) is 13.0. The zero-order valence-electron chi connectivity index (χ0n) is 26.0. The van der Waals surface area contributed by atoms with Crippen LogP contribution in [0.5, 0.6) is 11.8 Å². The highest BCUT2D eigenvalue weighted by molar-refractivity contribution is 5.98. The van der Waals surface area contributed by atoms with Gasteiger partial charge in [-0.05, 0) is 68.2 Å². The average molecular weight is 622 g/mol. The molecular formula is C34H41F2N5O4. The molecule has 0 unspecified atom stereocenters. The third kappa shape index (κ3) is 5.42. The van der Waals surface area contributed by atoms with E-state index in [2.05, 4.69) is 14.7 Å². The van der Waals surface area contributed by atoms with Gasteiger partial charge < -0.3 is 24.4 Å². The quantitative estimate of drug-likeness (QED) is 0.369. The lowest BCUT2D eigenvalue weighted by Crippen LogP contribution is -2.44. The molecule has 7 rings (SSSR count). The molecule has 0 amide bonds. The van der Waals surface area contributed by atoms with Gasteiger partial charge >= 0.3 is 12.0 Å². The second kappa shape index (κ2) is 11.9. The lowest BCUT2D eigenvalue weighted by atomic mass is 9.95. The Morgan fingerprint density at radius 1 is 1.13 bits per heavy atom. The molecule has 2 aromatic carbocycles. The Morgan fingerprint density at radius 3 is 2.73 bits per heavy atom. The zero-order chi connectivity index (χ0) is 31.3. The molecule has 4 aliphatic rings. The smallest absolute Gasteiger partial charge is 0.318 e. The predicted molar refractivity (Wildman–Crippen MR) is 167 cm³/mol. The van der Waals surface area contributed by atoms with Crippen molar-refractivity contribution >= 4 is 28.2 Å². The number of halogens is 2. The molecule has 1 aromatic heterocycles. The number of anilines is 2. The van der Waals surface area contributed by atoms with Gasteiger partial charge in [-0.3, -0.25) is 9.69 Å². The number of carbonyl (C=O) groups is 1. The van der Waals surface area contributed by atoms with E-state index in [-0.39, 0.29) is 35.0 Å². The van der Waals surface area contributed by atoms with Crippen LogP contribution in [0.2, 0.25) is 0 Å². The van der Waals surface area contributed by atoms with Gasteiger partial charge in [0, 0.05) is 55.3 Å². The van der Waals surface area contributed by atoms with E-state index in [1.165, 1.54) is 13.2 Å². The fraction of sp³-hybridized carbons (Fsp3) is 0.559. The summed E-state index contributed by atoms with van der Waals surface area (Å²) < 4.78 is 40.8. The van der Waals surface area contributed by atoms with Crippen LogP contribution in [0.25, 0.3) is 10.8 Å². The van der Waals surface area contributed by atoms with E-state index in [1.807, 2.05) is 6.92 Å².